The number of hydrogen-bond donors (Lipinski definition) is 2. The molecular weight excluding hydrogens is 474 g/mol. The van der Waals surface area contributed by atoms with Crippen molar-refractivity contribution in [2.45, 2.75) is 63.5 Å². The third-order valence-corrected chi connectivity index (χ3v) is 5.72. The van der Waals surface area contributed by atoms with Crippen molar-refractivity contribution < 1.29 is 46.1 Å². The van der Waals surface area contributed by atoms with Gasteiger partial charge in [0.2, 0.25) is 5.95 Å². The number of aliphatic carboxylic acids is 2. The number of nitrogens with zero attached hydrogens (tertiary/aromatic N) is 4. The minimum absolute atomic E-state index is 0.654. The Labute approximate surface area is 191 Å². The molecule has 192 valence electrons. The third kappa shape index (κ3) is 7.99. The molecule has 1 aromatic heterocycles. The molecule has 1 aromatic rings. The van der Waals surface area contributed by atoms with E-state index in [9.17, 15) is 26.3 Å². The number of aromatic nitrogens is 2. The highest BCUT2D eigenvalue weighted by molar-refractivity contribution is 5.73. The van der Waals surface area contributed by atoms with Crippen molar-refractivity contribution in [2.24, 2.45) is 5.92 Å². The highest BCUT2D eigenvalue weighted by Gasteiger charge is 2.44. The predicted octanol–water partition coefficient (Wildman–Crippen LogP) is 3.37. The molecular formula is C20H26F6N4O4. The number of rotatable bonds is 4. The highest BCUT2D eigenvalue weighted by Crippen LogP contribution is 2.37. The van der Waals surface area contributed by atoms with E-state index in [2.05, 4.69) is 26.7 Å². The van der Waals surface area contributed by atoms with E-state index in [-0.39, 0.29) is 0 Å². The van der Waals surface area contributed by atoms with Crippen molar-refractivity contribution >= 4 is 17.9 Å². The van der Waals surface area contributed by atoms with Crippen LogP contribution in [0.3, 0.4) is 0 Å². The molecule has 3 fully saturated rings. The van der Waals surface area contributed by atoms with E-state index in [1.54, 1.807) is 0 Å². The number of alkyl halides is 6. The lowest BCUT2D eigenvalue weighted by molar-refractivity contribution is -0.193. The van der Waals surface area contributed by atoms with Gasteiger partial charge in [0.1, 0.15) is 0 Å². The van der Waals surface area contributed by atoms with E-state index >= 15 is 0 Å². The monoisotopic (exact) mass is 500 g/mol. The summed E-state index contributed by atoms with van der Waals surface area (Å²) in [5, 5.41) is 14.2. The SMILES string of the molecule is CCc1cnc(N2CC[C@H]3[C@H]2CCN3CC2CC2)nc1.O=C(O)C(F)(F)F.O=C(O)C(F)(F)F. The van der Waals surface area contributed by atoms with Crippen LogP contribution >= 0.6 is 0 Å². The molecule has 0 radical (unpaired) electrons. The van der Waals surface area contributed by atoms with E-state index in [1.165, 1.54) is 44.3 Å². The fourth-order valence-electron chi connectivity index (χ4n) is 3.86. The maximum absolute atomic E-state index is 10.6. The van der Waals surface area contributed by atoms with Gasteiger partial charge in [-0.2, -0.15) is 26.3 Å². The number of halogens is 6. The molecule has 0 aromatic carbocycles. The number of fused-ring (bicyclic) bond motifs is 1. The van der Waals surface area contributed by atoms with E-state index < -0.39 is 24.3 Å². The second kappa shape index (κ2) is 11.2. The maximum Gasteiger partial charge on any atom is 0.490 e. The molecule has 1 aliphatic carbocycles. The minimum Gasteiger partial charge on any atom is -0.475 e. The zero-order chi connectivity index (χ0) is 25.7. The van der Waals surface area contributed by atoms with Gasteiger partial charge in [-0.25, -0.2) is 19.6 Å². The van der Waals surface area contributed by atoms with Crippen LogP contribution in [-0.4, -0.2) is 81.1 Å². The summed E-state index contributed by atoms with van der Waals surface area (Å²) in [5.74, 6) is -3.56. The lowest BCUT2D eigenvalue weighted by Gasteiger charge is -2.25. The second-order valence-electron chi connectivity index (χ2n) is 8.19. The molecule has 0 spiro atoms. The zero-order valence-electron chi connectivity index (χ0n) is 18.3. The molecule has 2 saturated heterocycles. The summed E-state index contributed by atoms with van der Waals surface area (Å²) in [7, 11) is 0. The Morgan fingerprint density at radius 3 is 1.79 bits per heavy atom. The molecule has 0 bridgehead atoms. The summed E-state index contributed by atoms with van der Waals surface area (Å²) in [4.78, 5) is 32.2. The van der Waals surface area contributed by atoms with Crippen LogP contribution in [0.5, 0.6) is 0 Å². The van der Waals surface area contributed by atoms with Crippen LogP contribution < -0.4 is 4.90 Å². The first-order chi connectivity index (χ1) is 15.7. The molecule has 1 saturated carbocycles. The number of carbonyl (C=O) groups is 2. The molecule has 4 rings (SSSR count). The molecule has 0 unspecified atom stereocenters. The van der Waals surface area contributed by atoms with Gasteiger partial charge in [0.05, 0.1) is 0 Å². The van der Waals surface area contributed by atoms with Crippen molar-refractivity contribution in [3.63, 3.8) is 0 Å². The van der Waals surface area contributed by atoms with Crippen molar-refractivity contribution in [1.29, 1.82) is 0 Å². The Morgan fingerprint density at radius 1 is 0.912 bits per heavy atom. The zero-order valence-corrected chi connectivity index (χ0v) is 18.3. The summed E-state index contributed by atoms with van der Waals surface area (Å²) in [6.07, 6.45) is 0.325. The van der Waals surface area contributed by atoms with Crippen LogP contribution in [0.4, 0.5) is 32.3 Å². The van der Waals surface area contributed by atoms with Crippen LogP contribution in [0.25, 0.3) is 0 Å². The summed E-state index contributed by atoms with van der Waals surface area (Å²) in [6, 6.07) is 1.41. The van der Waals surface area contributed by atoms with E-state index in [4.69, 9.17) is 19.8 Å². The Kier molecular flexibility index (Phi) is 9.08. The van der Waals surface area contributed by atoms with Gasteiger partial charge < -0.3 is 15.1 Å². The quantitative estimate of drug-likeness (QED) is 0.607. The molecule has 3 aliphatic rings. The largest absolute Gasteiger partial charge is 0.490 e. The van der Waals surface area contributed by atoms with Crippen LogP contribution in [0.1, 0.15) is 38.2 Å². The predicted molar refractivity (Wildman–Crippen MR) is 107 cm³/mol. The average Bonchev–Trinajstić information content (AvgIpc) is 3.33. The van der Waals surface area contributed by atoms with E-state index in [0.29, 0.717) is 6.04 Å². The Balaban J connectivity index is 0.000000244. The number of likely N-dealkylation sites (tertiary alicyclic amines) is 1. The number of aryl methyl sites for hydroxylation is 1. The number of anilines is 1. The molecule has 2 atom stereocenters. The van der Waals surface area contributed by atoms with Gasteiger partial charge in [0.25, 0.3) is 0 Å². The van der Waals surface area contributed by atoms with Crippen LogP contribution in [-0.2, 0) is 16.0 Å². The van der Waals surface area contributed by atoms with Crippen LogP contribution in [0.2, 0.25) is 0 Å². The highest BCUT2D eigenvalue weighted by atomic mass is 19.4. The standard InChI is InChI=1S/C16H24N4.2C2HF3O2/c1-2-12-9-17-16(18-10-12)20-8-6-14-15(20)5-7-19(14)11-13-3-4-13;2*3-2(4,5)1(6)7/h9-10,13-15H,2-8,11H2,1H3;2*(H,6,7)/t14-,15+;;/m0../s1. The lowest BCUT2D eigenvalue weighted by atomic mass is 10.1. The van der Waals surface area contributed by atoms with Gasteiger partial charge in [0.15, 0.2) is 0 Å². The van der Waals surface area contributed by atoms with Gasteiger partial charge in [-0.05, 0) is 43.6 Å². The maximum atomic E-state index is 10.6. The number of carboxylic acids is 2. The van der Waals surface area contributed by atoms with Crippen molar-refractivity contribution in [3.05, 3.63) is 18.0 Å². The minimum atomic E-state index is -5.08. The fourth-order valence-corrected chi connectivity index (χ4v) is 3.86. The molecule has 14 heteroatoms. The van der Waals surface area contributed by atoms with Gasteiger partial charge in [-0.15, -0.1) is 0 Å². The van der Waals surface area contributed by atoms with Gasteiger partial charge in [-0.1, -0.05) is 6.92 Å². The summed E-state index contributed by atoms with van der Waals surface area (Å²) in [6.45, 7) is 5.89. The normalized spacial score (nSPS) is 22.3. The van der Waals surface area contributed by atoms with Gasteiger partial charge in [-0.3, -0.25) is 4.90 Å². The van der Waals surface area contributed by atoms with Crippen molar-refractivity contribution in [1.82, 2.24) is 14.9 Å². The first-order valence-corrected chi connectivity index (χ1v) is 10.7. The van der Waals surface area contributed by atoms with Crippen LogP contribution in [0, 0.1) is 5.92 Å². The van der Waals surface area contributed by atoms with E-state index in [1.807, 2.05) is 12.4 Å². The van der Waals surface area contributed by atoms with E-state index in [0.717, 1.165) is 30.9 Å². The Bertz CT molecular complexity index is 806. The number of carboxylic acid groups (broad SMARTS) is 2. The topological polar surface area (TPSA) is 107 Å². The first-order valence-electron chi connectivity index (χ1n) is 10.7. The Hall–Kier alpha value is -2.64. The molecule has 2 N–H and O–H groups in total. The Morgan fingerprint density at radius 2 is 1.38 bits per heavy atom. The van der Waals surface area contributed by atoms with Crippen LogP contribution in [0.15, 0.2) is 12.4 Å². The first kappa shape index (κ1) is 27.6. The van der Waals surface area contributed by atoms with Gasteiger partial charge in [0, 0.05) is 44.1 Å². The lowest BCUT2D eigenvalue weighted by Crippen LogP contribution is -2.38. The molecule has 3 heterocycles. The molecule has 8 nitrogen and oxygen atoms in total. The fraction of sp³-hybridized carbons (Fsp3) is 0.700. The molecule has 2 aliphatic heterocycles. The number of hydrogen-bond acceptors (Lipinski definition) is 6. The van der Waals surface area contributed by atoms with Gasteiger partial charge >= 0.3 is 24.3 Å². The molecule has 34 heavy (non-hydrogen) atoms. The molecule has 0 amide bonds. The van der Waals surface area contributed by atoms with Crippen molar-refractivity contribution in [2.75, 3.05) is 24.5 Å². The summed E-state index contributed by atoms with van der Waals surface area (Å²) < 4.78 is 63.5. The summed E-state index contributed by atoms with van der Waals surface area (Å²) in [5.41, 5.74) is 1.23. The summed E-state index contributed by atoms with van der Waals surface area (Å²) >= 11 is 0. The second-order valence-corrected chi connectivity index (χ2v) is 8.19. The average molecular weight is 500 g/mol. The smallest absolute Gasteiger partial charge is 0.475 e. The van der Waals surface area contributed by atoms with Crippen molar-refractivity contribution in [3.8, 4) is 0 Å². The third-order valence-electron chi connectivity index (χ3n) is 5.72.